The Bertz CT molecular complexity index is 694. The van der Waals surface area contributed by atoms with Crippen LogP contribution in [0, 0.1) is 0 Å². The van der Waals surface area contributed by atoms with Crippen LogP contribution in [-0.4, -0.2) is 62.2 Å². The fourth-order valence-corrected chi connectivity index (χ4v) is 4.62. The molecule has 0 spiro atoms. The lowest BCUT2D eigenvalue weighted by molar-refractivity contribution is 0.122. The van der Waals surface area contributed by atoms with E-state index in [1.165, 1.54) is 22.5 Å². The summed E-state index contributed by atoms with van der Waals surface area (Å²) in [4.78, 5) is 10.2. The molecule has 0 unspecified atom stereocenters. The monoisotopic (exact) mass is 408 g/mol. The maximum Gasteiger partial charge on any atom is 0.0411 e. The summed E-state index contributed by atoms with van der Waals surface area (Å²) in [7, 11) is 0. The van der Waals surface area contributed by atoms with Crippen molar-refractivity contribution < 1.29 is 0 Å². The van der Waals surface area contributed by atoms with Gasteiger partial charge in [0.1, 0.15) is 0 Å². The zero-order valence-electron chi connectivity index (χ0n) is 19.5. The average molecular weight is 409 g/mol. The summed E-state index contributed by atoms with van der Waals surface area (Å²) >= 11 is 0. The van der Waals surface area contributed by atoms with E-state index < -0.39 is 0 Å². The molecular formula is C26H40N4. The number of rotatable bonds is 10. The maximum absolute atomic E-state index is 2.62. The third-order valence-corrected chi connectivity index (χ3v) is 6.44. The number of benzene rings is 2. The molecule has 0 N–H and O–H groups in total. The lowest BCUT2D eigenvalue weighted by Crippen LogP contribution is -2.45. The van der Waals surface area contributed by atoms with Crippen LogP contribution >= 0.6 is 0 Å². The highest BCUT2D eigenvalue weighted by molar-refractivity contribution is 5.54. The van der Waals surface area contributed by atoms with Crippen LogP contribution < -0.4 is 9.80 Å². The fourth-order valence-electron chi connectivity index (χ4n) is 4.62. The molecule has 0 aromatic heterocycles. The molecule has 0 saturated carbocycles. The van der Waals surface area contributed by atoms with Crippen molar-refractivity contribution in [3.05, 3.63) is 59.7 Å². The molecule has 4 heteroatoms. The van der Waals surface area contributed by atoms with Crippen molar-refractivity contribution in [1.82, 2.24) is 9.80 Å². The van der Waals surface area contributed by atoms with Gasteiger partial charge in [0, 0.05) is 76.8 Å². The van der Waals surface area contributed by atoms with Gasteiger partial charge in [-0.3, -0.25) is 9.80 Å². The van der Waals surface area contributed by atoms with Gasteiger partial charge in [-0.15, -0.1) is 0 Å². The Labute approximate surface area is 184 Å². The van der Waals surface area contributed by atoms with Crippen molar-refractivity contribution >= 4 is 11.4 Å². The van der Waals surface area contributed by atoms with Crippen molar-refractivity contribution in [2.75, 3.05) is 62.2 Å². The number of para-hydroxylation sites is 2. The molecule has 30 heavy (non-hydrogen) atoms. The third kappa shape index (κ3) is 5.55. The summed E-state index contributed by atoms with van der Waals surface area (Å²) in [5.74, 6) is 0. The molecule has 2 aromatic rings. The molecule has 0 amide bonds. The van der Waals surface area contributed by atoms with Gasteiger partial charge in [0.15, 0.2) is 0 Å². The first-order valence-electron chi connectivity index (χ1n) is 11.8. The number of nitrogens with zero attached hydrogens (tertiary/aromatic N) is 4. The topological polar surface area (TPSA) is 13.0 Å². The molecule has 4 nitrogen and oxygen atoms in total. The molecule has 2 aromatic carbocycles. The predicted molar refractivity (Wildman–Crippen MR) is 131 cm³/mol. The van der Waals surface area contributed by atoms with Gasteiger partial charge in [0.2, 0.25) is 0 Å². The second-order valence-corrected chi connectivity index (χ2v) is 8.15. The second kappa shape index (κ2) is 11.4. The van der Waals surface area contributed by atoms with Crippen molar-refractivity contribution in [3.8, 4) is 0 Å². The number of anilines is 2. The highest BCUT2D eigenvalue weighted by Crippen LogP contribution is 2.24. The Morgan fingerprint density at radius 3 is 1.23 bits per heavy atom. The summed E-state index contributed by atoms with van der Waals surface area (Å²) in [5.41, 5.74) is 5.72. The summed E-state index contributed by atoms with van der Waals surface area (Å²) in [6, 6.07) is 17.9. The normalized spacial score (nSPS) is 15.3. The minimum absolute atomic E-state index is 1.05. The fraction of sp³-hybridized carbons (Fsp3) is 0.538. The number of hydrogen-bond acceptors (Lipinski definition) is 4. The molecule has 1 aliphatic rings. The smallest absolute Gasteiger partial charge is 0.0411 e. The lowest BCUT2D eigenvalue weighted by atomic mass is 10.1. The van der Waals surface area contributed by atoms with E-state index in [9.17, 15) is 0 Å². The van der Waals surface area contributed by atoms with Gasteiger partial charge in [-0.25, -0.2) is 0 Å². The second-order valence-electron chi connectivity index (χ2n) is 8.15. The van der Waals surface area contributed by atoms with Crippen LogP contribution in [0.4, 0.5) is 11.4 Å². The van der Waals surface area contributed by atoms with Gasteiger partial charge >= 0.3 is 0 Å². The van der Waals surface area contributed by atoms with Crippen LogP contribution in [-0.2, 0) is 13.1 Å². The van der Waals surface area contributed by atoms with Crippen molar-refractivity contribution in [2.24, 2.45) is 0 Å². The van der Waals surface area contributed by atoms with Gasteiger partial charge < -0.3 is 9.80 Å². The maximum atomic E-state index is 2.62. The van der Waals surface area contributed by atoms with Gasteiger partial charge in [-0.2, -0.15) is 0 Å². The third-order valence-electron chi connectivity index (χ3n) is 6.44. The molecule has 0 aliphatic carbocycles. The minimum atomic E-state index is 1.05. The Kier molecular flexibility index (Phi) is 8.59. The Hall–Kier alpha value is -2.04. The first kappa shape index (κ1) is 22.6. The highest BCUT2D eigenvalue weighted by atomic mass is 15.3. The number of piperazine rings is 1. The summed E-state index contributed by atoms with van der Waals surface area (Å²) < 4.78 is 0. The van der Waals surface area contributed by atoms with Gasteiger partial charge in [-0.1, -0.05) is 36.4 Å². The van der Waals surface area contributed by atoms with Crippen LogP contribution in [0.5, 0.6) is 0 Å². The molecule has 0 radical (unpaired) electrons. The summed E-state index contributed by atoms with van der Waals surface area (Å²) in [6.07, 6.45) is 0. The van der Waals surface area contributed by atoms with Gasteiger partial charge in [-0.05, 0) is 51.0 Å². The van der Waals surface area contributed by atoms with E-state index in [1.807, 2.05) is 0 Å². The largest absolute Gasteiger partial charge is 0.372 e. The molecule has 0 bridgehead atoms. The highest BCUT2D eigenvalue weighted by Gasteiger charge is 2.20. The van der Waals surface area contributed by atoms with E-state index in [4.69, 9.17) is 0 Å². The molecular weight excluding hydrogens is 368 g/mol. The van der Waals surface area contributed by atoms with Crippen LogP contribution in [0.2, 0.25) is 0 Å². The molecule has 1 fully saturated rings. The van der Waals surface area contributed by atoms with Crippen LogP contribution in [0.1, 0.15) is 38.8 Å². The van der Waals surface area contributed by atoms with E-state index in [2.05, 4.69) is 95.8 Å². The van der Waals surface area contributed by atoms with Crippen LogP contribution in [0.25, 0.3) is 0 Å². The molecule has 3 rings (SSSR count). The molecule has 1 heterocycles. The van der Waals surface area contributed by atoms with E-state index in [1.54, 1.807) is 0 Å². The number of hydrogen-bond donors (Lipinski definition) is 0. The van der Waals surface area contributed by atoms with E-state index >= 15 is 0 Å². The Balaban J connectivity index is 1.59. The SMILES string of the molecule is CCN(CC)c1ccccc1CN1CCN(Cc2ccccc2N(CC)CC)CC1. The first-order chi connectivity index (χ1) is 14.7. The van der Waals surface area contributed by atoms with E-state index in [-0.39, 0.29) is 0 Å². The van der Waals surface area contributed by atoms with Crippen molar-refractivity contribution in [1.29, 1.82) is 0 Å². The van der Waals surface area contributed by atoms with E-state index in [0.717, 1.165) is 65.4 Å². The average Bonchev–Trinajstić information content (AvgIpc) is 2.79. The molecule has 1 aliphatic heterocycles. The summed E-state index contributed by atoms with van der Waals surface area (Å²) in [6.45, 7) is 19.9. The quantitative estimate of drug-likeness (QED) is 0.565. The predicted octanol–water partition coefficient (Wildman–Crippen LogP) is 4.70. The van der Waals surface area contributed by atoms with Crippen LogP contribution in [0.15, 0.2) is 48.5 Å². The minimum Gasteiger partial charge on any atom is -0.372 e. The Morgan fingerprint density at radius 2 is 0.900 bits per heavy atom. The van der Waals surface area contributed by atoms with Crippen molar-refractivity contribution in [2.45, 2.75) is 40.8 Å². The first-order valence-corrected chi connectivity index (χ1v) is 11.8. The van der Waals surface area contributed by atoms with Gasteiger partial charge in [0.25, 0.3) is 0 Å². The zero-order chi connectivity index (χ0) is 21.3. The Morgan fingerprint density at radius 1 is 0.567 bits per heavy atom. The standard InChI is InChI=1S/C26H40N4/c1-5-29(6-2)25-15-11-9-13-23(25)21-27-17-19-28(20-18-27)22-24-14-10-12-16-26(24)30(7-3)8-4/h9-16H,5-8,17-22H2,1-4H3. The van der Waals surface area contributed by atoms with E-state index in [0.29, 0.717) is 0 Å². The van der Waals surface area contributed by atoms with Crippen molar-refractivity contribution in [3.63, 3.8) is 0 Å². The van der Waals surface area contributed by atoms with Crippen LogP contribution in [0.3, 0.4) is 0 Å². The zero-order valence-corrected chi connectivity index (χ0v) is 19.5. The lowest BCUT2D eigenvalue weighted by Gasteiger charge is -2.36. The molecule has 164 valence electrons. The summed E-state index contributed by atoms with van der Waals surface area (Å²) in [5, 5.41) is 0. The van der Waals surface area contributed by atoms with Gasteiger partial charge in [0.05, 0.1) is 0 Å². The molecule has 0 atom stereocenters. The molecule has 1 saturated heterocycles.